The summed E-state index contributed by atoms with van der Waals surface area (Å²) in [5.41, 5.74) is 9.23. The Morgan fingerprint density at radius 1 is 1.12 bits per heavy atom. The van der Waals surface area contributed by atoms with Gasteiger partial charge in [-0.2, -0.15) is 0 Å². The number of benzene rings is 2. The zero-order valence-corrected chi connectivity index (χ0v) is 16.4. The van der Waals surface area contributed by atoms with Gasteiger partial charge in [-0.1, -0.05) is 26.0 Å². The van der Waals surface area contributed by atoms with Crippen LogP contribution in [0.4, 0.5) is 0 Å². The van der Waals surface area contributed by atoms with Crippen LogP contribution in [0.15, 0.2) is 30.3 Å². The molecule has 1 unspecified atom stereocenters. The lowest BCUT2D eigenvalue weighted by Crippen LogP contribution is -2.30. The molecular weight excluding hydrogens is 320 g/mol. The average Bonchev–Trinajstić information content (AvgIpc) is 2.99. The number of H-pyrrole nitrogens is 1. The largest absolute Gasteiger partial charge is 0.496 e. The van der Waals surface area contributed by atoms with Crippen molar-refractivity contribution in [1.29, 1.82) is 0 Å². The van der Waals surface area contributed by atoms with Gasteiger partial charge in [0.1, 0.15) is 5.75 Å². The van der Waals surface area contributed by atoms with Crippen LogP contribution in [0.3, 0.4) is 0 Å². The van der Waals surface area contributed by atoms with E-state index in [9.17, 15) is 0 Å². The Labute approximate surface area is 155 Å². The van der Waals surface area contributed by atoms with Crippen LogP contribution in [0.5, 0.6) is 5.75 Å². The van der Waals surface area contributed by atoms with E-state index in [0.717, 1.165) is 18.7 Å². The molecule has 0 spiro atoms. The SMILES string of the molecule is COc1ccc(C(C)C)cc1C1NCCc2c1[nH]c1cc(C)cc(C)c21. The predicted molar refractivity (Wildman–Crippen MR) is 108 cm³/mol. The second kappa shape index (κ2) is 6.48. The van der Waals surface area contributed by atoms with Crippen molar-refractivity contribution >= 4 is 10.9 Å². The van der Waals surface area contributed by atoms with Crippen molar-refractivity contribution in [3.8, 4) is 5.75 Å². The maximum atomic E-state index is 5.71. The number of aryl methyl sites for hydroxylation is 2. The fourth-order valence-corrected chi connectivity index (χ4v) is 4.37. The number of ether oxygens (including phenoxy) is 1. The van der Waals surface area contributed by atoms with Gasteiger partial charge in [0.15, 0.2) is 0 Å². The molecule has 3 aromatic rings. The molecule has 2 aromatic carbocycles. The molecule has 1 aliphatic rings. The van der Waals surface area contributed by atoms with Crippen LogP contribution in [0.1, 0.15) is 59.3 Å². The summed E-state index contributed by atoms with van der Waals surface area (Å²) in [7, 11) is 1.76. The molecule has 3 nitrogen and oxygen atoms in total. The highest BCUT2D eigenvalue weighted by atomic mass is 16.5. The molecule has 0 fully saturated rings. The Hall–Kier alpha value is -2.26. The maximum Gasteiger partial charge on any atom is 0.124 e. The third kappa shape index (κ3) is 2.71. The van der Waals surface area contributed by atoms with Gasteiger partial charge in [-0.15, -0.1) is 0 Å². The fraction of sp³-hybridized carbons (Fsp3) is 0.391. The lowest BCUT2D eigenvalue weighted by Gasteiger charge is -2.27. The number of nitrogens with one attached hydrogen (secondary N) is 2. The lowest BCUT2D eigenvalue weighted by atomic mass is 9.90. The molecule has 1 aliphatic heterocycles. The van der Waals surface area contributed by atoms with Gasteiger partial charge in [0.2, 0.25) is 0 Å². The van der Waals surface area contributed by atoms with Gasteiger partial charge >= 0.3 is 0 Å². The molecule has 0 saturated carbocycles. The zero-order chi connectivity index (χ0) is 18.4. The zero-order valence-electron chi connectivity index (χ0n) is 16.4. The van der Waals surface area contributed by atoms with Crippen LogP contribution in [0, 0.1) is 13.8 Å². The Morgan fingerprint density at radius 3 is 2.65 bits per heavy atom. The van der Waals surface area contributed by atoms with Crippen molar-refractivity contribution < 1.29 is 4.74 Å². The number of rotatable bonds is 3. The van der Waals surface area contributed by atoms with Crippen LogP contribution in [0.25, 0.3) is 10.9 Å². The summed E-state index contributed by atoms with van der Waals surface area (Å²) in [5.74, 6) is 1.45. The second-order valence-electron chi connectivity index (χ2n) is 7.81. The number of aromatic nitrogens is 1. The monoisotopic (exact) mass is 348 g/mol. The van der Waals surface area contributed by atoms with E-state index in [0.29, 0.717) is 5.92 Å². The van der Waals surface area contributed by atoms with Crippen LogP contribution in [0.2, 0.25) is 0 Å². The van der Waals surface area contributed by atoms with Gasteiger partial charge in [0, 0.05) is 28.7 Å². The molecule has 1 atom stereocenters. The average molecular weight is 348 g/mol. The third-order valence-corrected chi connectivity index (χ3v) is 5.62. The van der Waals surface area contributed by atoms with Gasteiger partial charge in [-0.25, -0.2) is 0 Å². The summed E-state index contributed by atoms with van der Waals surface area (Å²) in [6.45, 7) is 9.84. The number of methoxy groups -OCH3 is 1. The van der Waals surface area contributed by atoms with E-state index in [1.165, 1.54) is 44.4 Å². The van der Waals surface area contributed by atoms with E-state index >= 15 is 0 Å². The summed E-state index contributed by atoms with van der Waals surface area (Å²) < 4.78 is 5.71. The minimum Gasteiger partial charge on any atom is -0.496 e. The van der Waals surface area contributed by atoms with E-state index in [1.54, 1.807) is 7.11 Å². The lowest BCUT2D eigenvalue weighted by molar-refractivity contribution is 0.401. The molecular formula is C23H28N2O. The first-order valence-electron chi connectivity index (χ1n) is 9.52. The molecule has 0 radical (unpaired) electrons. The molecule has 136 valence electrons. The topological polar surface area (TPSA) is 37.0 Å². The Balaban J connectivity index is 1.92. The normalized spacial score (nSPS) is 16.9. The Kier molecular flexibility index (Phi) is 4.28. The van der Waals surface area contributed by atoms with Crippen LogP contribution in [-0.2, 0) is 6.42 Å². The van der Waals surface area contributed by atoms with Crippen molar-refractivity contribution in [2.45, 2.75) is 46.1 Å². The van der Waals surface area contributed by atoms with Crippen molar-refractivity contribution in [3.05, 3.63) is 63.8 Å². The van der Waals surface area contributed by atoms with E-state index in [1.807, 2.05) is 0 Å². The summed E-state index contributed by atoms with van der Waals surface area (Å²) in [5, 5.41) is 5.12. The van der Waals surface area contributed by atoms with Gasteiger partial charge < -0.3 is 15.0 Å². The van der Waals surface area contributed by atoms with E-state index < -0.39 is 0 Å². The third-order valence-electron chi connectivity index (χ3n) is 5.62. The highest BCUT2D eigenvalue weighted by Crippen LogP contribution is 2.39. The van der Waals surface area contributed by atoms with Crippen molar-refractivity contribution in [1.82, 2.24) is 10.3 Å². The van der Waals surface area contributed by atoms with Gasteiger partial charge in [0.25, 0.3) is 0 Å². The summed E-state index contributed by atoms with van der Waals surface area (Å²) in [4.78, 5) is 3.73. The molecule has 3 heteroatoms. The number of aromatic amines is 1. The van der Waals surface area contributed by atoms with Gasteiger partial charge in [0.05, 0.1) is 13.2 Å². The van der Waals surface area contributed by atoms with Crippen LogP contribution >= 0.6 is 0 Å². The minimum absolute atomic E-state index is 0.138. The van der Waals surface area contributed by atoms with E-state index in [4.69, 9.17) is 4.74 Å². The first-order valence-corrected chi connectivity index (χ1v) is 9.52. The molecule has 2 heterocycles. The second-order valence-corrected chi connectivity index (χ2v) is 7.81. The Morgan fingerprint density at radius 2 is 1.92 bits per heavy atom. The highest BCUT2D eigenvalue weighted by molar-refractivity contribution is 5.89. The number of hydrogen-bond donors (Lipinski definition) is 2. The van der Waals surface area contributed by atoms with Crippen LogP contribution < -0.4 is 10.1 Å². The van der Waals surface area contributed by atoms with Gasteiger partial charge in [-0.05, 0) is 66.6 Å². The molecule has 4 rings (SSSR count). The molecule has 0 aliphatic carbocycles. The molecule has 0 bridgehead atoms. The number of fused-ring (bicyclic) bond motifs is 3. The molecule has 2 N–H and O–H groups in total. The molecule has 0 amide bonds. The van der Waals surface area contributed by atoms with E-state index in [2.05, 4.69) is 68.3 Å². The first-order chi connectivity index (χ1) is 12.5. The van der Waals surface area contributed by atoms with Crippen LogP contribution in [-0.4, -0.2) is 18.6 Å². The molecule has 1 aromatic heterocycles. The molecule has 26 heavy (non-hydrogen) atoms. The summed E-state index contributed by atoms with van der Waals surface area (Å²) in [6, 6.07) is 11.3. The quantitative estimate of drug-likeness (QED) is 0.687. The minimum atomic E-state index is 0.138. The van der Waals surface area contributed by atoms with Gasteiger partial charge in [-0.3, -0.25) is 0 Å². The highest BCUT2D eigenvalue weighted by Gasteiger charge is 2.28. The van der Waals surface area contributed by atoms with Crippen molar-refractivity contribution in [3.63, 3.8) is 0 Å². The van der Waals surface area contributed by atoms with Crippen molar-refractivity contribution in [2.24, 2.45) is 0 Å². The summed E-state index contributed by atoms with van der Waals surface area (Å²) >= 11 is 0. The maximum absolute atomic E-state index is 5.71. The van der Waals surface area contributed by atoms with Crippen molar-refractivity contribution in [2.75, 3.05) is 13.7 Å². The fourth-order valence-electron chi connectivity index (χ4n) is 4.37. The molecule has 0 saturated heterocycles. The standard InChI is InChI=1S/C23H28N2O/c1-13(2)16-6-7-20(26-5)18(12-16)22-23-17(8-9-24-22)21-15(4)10-14(3)11-19(21)25-23/h6-7,10-13,22,24-25H,8-9H2,1-5H3. The number of hydrogen-bond acceptors (Lipinski definition) is 2. The predicted octanol–water partition coefficient (Wildman–Crippen LogP) is 5.15. The smallest absolute Gasteiger partial charge is 0.124 e. The first kappa shape index (κ1) is 17.2. The Bertz CT molecular complexity index is 968. The van der Waals surface area contributed by atoms with E-state index in [-0.39, 0.29) is 6.04 Å². The summed E-state index contributed by atoms with van der Waals surface area (Å²) in [6.07, 6.45) is 1.06.